The number of nitro groups is 1. The average molecular weight is 293 g/mol. The molecule has 1 aromatic carbocycles. The lowest BCUT2D eigenvalue weighted by atomic mass is 10.2. The van der Waals surface area contributed by atoms with Crippen molar-refractivity contribution >= 4 is 11.6 Å². The van der Waals surface area contributed by atoms with Gasteiger partial charge in [-0.3, -0.25) is 14.9 Å². The average Bonchev–Trinajstić information content (AvgIpc) is 2.74. The Balaban J connectivity index is 1.97. The lowest BCUT2D eigenvalue weighted by molar-refractivity contribution is -0.385. The van der Waals surface area contributed by atoms with Crippen LogP contribution in [-0.2, 0) is 4.79 Å². The largest absolute Gasteiger partial charge is 0.483 e. The van der Waals surface area contributed by atoms with Gasteiger partial charge in [0.1, 0.15) is 5.75 Å². The van der Waals surface area contributed by atoms with E-state index in [9.17, 15) is 14.9 Å². The van der Waals surface area contributed by atoms with Crippen molar-refractivity contribution in [3.8, 4) is 5.75 Å². The zero-order valence-electron chi connectivity index (χ0n) is 12.0. The summed E-state index contributed by atoms with van der Waals surface area (Å²) in [6.07, 6.45) is 0.918. The second kappa shape index (κ2) is 7.03. The number of carbonyl (C=O) groups is 1. The van der Waals surface area contributed by atoms with Gasteiger partial charge < -0.3 is 15.0 Å². The Morgan fingerprint density at radius 2 is 2.24 bits per heavy atom. The summed E-state index contributed by atoms with van der Waals surface area (Å²) in [6.45, 7) is 4.59. The molecule has 0 aromatic heterocycles. The van der Waals surface area contributed by atoms with Gasteiger partial charge in [0.25, 0.3) is 11.6 Å². The smallest absolute Gasteiger partial charge is 0.276 e. The van der Waals surface area contributed by atoms with Crippen LogP contribution in [0, 0.1) is 17.0 Å². The number of carbonyl (C=O) groups excluding carboxylic acids is 1. The molecule has 0 spiro atoms. The molecule has 1 aromatic rings. The minimum Gasteiger partial charge on any atom is -0.483 e. The van der Waals surface area contributed by atoms with E-state index in [2.05, 4.69) is 5.32 Å². The first-order valence-corrected chi connectivity index (χ1v) is 6.95. The first-order valence-electron chi connectivity index (χ1n) is 6.95. The van der Waals surface area contributed by atoms with Crippen LogP contribution in [-0.4, -0.2) is 48.5 Å². The summed E-state index contributed by atoms with van der Waals surface area (Å²) in [5.74, 6) is 0.287. The number of nitro benzene ring substituents is 1. The fourth-order valence-corrected chi connectivity index (χ4v) is 2.28. The minimum atomic E-state index is -0.454. The zero-order valence-corrected chi connectivity index (χ0v) is 12.0. The van der Waals surface area contributed by atoms with Crippen molar-refractivity contribution in [3.05, 3.63) is 33.9 Å². The molecule has 0 radical (unpaired) electrons. The molecule has 7 nitrogen and oxygen atoms in total. The van der Waals surface area contributed by atoms with E-state index in [0.29, 0.717) is 24.4 Å². The molecular formula is C14H19N3O4. The number of ether oxygens (including phenoxy) is 1. The third-order valence-corrected chi connectivity index (χ3v) is 3.50. The zero-order chi connectivity index (χ0) is 15.2. The van der Waals surface area contributed by atoms with E-state index < -0.39 is 4.92 Å². The van der Waals surface area contributed by atoms with Crippen LogP contribution in [0.15, 0.2) is 18.2 Å². The molecule has 1 heterocycles. The predicted molar refractivity (Wildman–Crippen MR) is 77.4 cm³/mol. The summed E-state index contributed by atoms with van der Waals surface area (Å²) in [7, 11) is 0. The number of rotatable bonds is 4. The van der Waals surface area contributed by atoms with Gasteiger partial charge in [-0.25, -0.2) is 0 Å². The highest BCUT2D eigenvalue weighted by atomic mass is 16.6. The Morgan fingerprint density at radius 1 is 1.43 bits per heavy atom. The predicted octanol–water partition coefficient (Wildman–Crippen LogP) is 1.10. The van der Waals surface area contributed by atoms with Crippen molar-refractivity contribution in [2.24, 2.45) is 0 Å². The maximum Gasteiger partial charge on any atom is 0.276 e. The van der Waals surface area contributed by atoms with Crippen LogP contribution in [0.25, 0.3) is 0 Å². The van der Waals surface area contributed by atoms with Crippen molar-refractivity contribution in [1.82, 2.24) is 10.2 Å². The molecule has 0 aliphatic carbocycles. The van der Waals surface area contributed by atoms with E-state index in [0.717, 1.165) is 19.5 Å². The van der Waals surface area contributed by atoms with Crippen LogP contribution in [0.2, 0.25) is 0 Å². The Morgan fingerprint density at radius 3 is 3.00 bits per heavy atom. The van der Waals surface area contributed by atoms with Crippen molar-refractivity contribution < 1.29 is 14.5 Å². The fourth-order valence-electron chi connectivity index (χ4n) is 2.28. The lowest BCUT2D eigenvalue weighted by Gasteiger charge is -2.20. The molecule has 1 N–H and O–H groups in total. The van der Waals surface area contributed by atoms with Crippen molar-refractivity contribution in [2.75, 3.05) is 32.8 Å². The van der Waals surface area contributed by atoms with E-state index >= 15 is 0 Å². The normalized spacial score (nSPS) is 15.4. The van der Waals surface area contributed by atoms with Crippen LogP contribution in [0.4, 0.5) is 5.69 Å². The van der Waals surface area contributed by atoms with Gasteiger partial charge in [0, 0.05) is 25.7 Å². The first kappa shape index (κ1) is 15.2. The fraction of sp³-hybridized carbons (Fsp3) is 0.500. The molecule has 7 heteroatoms. The highest BCUT2D eigenvalue weighted by molar-refractivity contribution is 5.77. The van der Waals surface area contributed by atoms with E-state index in [-0.39, 0.29) is 18.2 Å². The number of amides is 1. The van der Waals surface area contributed by atoms with Crippen molar-refractivity contribution in [3.63, 3.8) is 0 Å². The Bertz CT molecular complexity index is 525. The first-order chi connectivity index (χ1) is 10.1. The number of hydrogen-bond donors (Lipinski definition) is 1. The maximum absolute atomic E-state index is 12.1. The summed E-state index contributed by atoms with van der Waals surface area (Å²) < 4.78 is 5.47. The third-order valence-electron chi connectivity index (χ3n) is 3.50. The number of hydrogen-bond acceptors (Lipinski definition) is 5. The highest BCUT2D eigenvalue weighted by Gasteiger charge is 2.18. The summed E-state index contributed by atoms with van der Waals surface area (Å²) >= 11 is 0. The molecule has 1 amide bonds. The molecular weight excluding hydrogens is 274 g/mol. The molecule has 1 aliphatic heterocycles. The summed E-state index contributed by atoms with van der Waals surface area (Å²) in [5.41, 5.74) is 0.437. The van der Waals surface area contributed by atoms with E-state index in [1.165, 1.54) is 6.07 Å². The molecule has 2 rings (SSSR count). The van der Waals surface area contributed by atoms with Crippen LogP contribution in [0.3, 0.4) is 0 Å². The second-order valence-electron chi connectivity index (χ2n) is 4.93. The summed E-state index contributed by atoms with van der Waals surface area (Å²) in [5, 5.41) is 14.1. The Labute approximate surface area is 123 Å². The van der Waals surface area contributed by atoms with Gasteiger partial charge in [0.2, 0.25) is 0 Å². The van der Waals surface area contributed by atoms with Gasteiger partial charge in [-0.1, -0.05) is 6.07 Å². The molecule has 0 unspecified atom stereocenters. The number of benzene rings is 1. The van der Waals surface area contributed by atoms with Crippen LogP contribution < -0.4 is 10.1 Å². The molecule has 1 aliphatic rings. The molecule has 1 fully saturated rings. The minimum absolute atomic E-state index is 0.000999. The molecule has 0 saturated carbocycles. The monoisotopic (exact) mass is 293 g/mol. The van der Waals surface area contributed by atoms with Gasteiger partial charge in [0.15, 0.2) is 6.61 Å². The quantitative estimate of drug-likeness (QED) is 0.664. The van der Waals surface area contributed by atoms with E-state index in [4.69, 9.17) is 4.74 Å². The van der Waals surface area contributed by atoms with Crippen molar-refractivity contribution in [2.45, 2.75) is 13.3 Å². The SMILES string of the molecule is Cc1c(OCC(=O)N2CCCNCC2)cccc1[N+](=O)[O-]. The topological polar surface area (TPSA) is 84.7 Å². The lowest BCUT2D eigenvalue weighted by Crippen LogP contribution is -2.37. The van der Waals surface area contributed by atoms with Gasteiger partial charge in [0.05, 0.1) is 10.5 Å². The highest BCUT2D eigenvalue weighted by Crippen LogP contribution is 2.26. The summed E-state index contributed by atoms with van der Waals surface area (Å²) in [6, 6.07) is 4.62. The molecule has 1 saturated heterocycles. The molecule has 0 bridgehead atoms. The van der Waals surface area contributed by atoms with Crippen LogP contribution >= 0.6 is 0 Å². The number of nitrogens with one attached hydrogen (secondary N) is 1. The van der Waals surface area contributed by atoms with Gasteiger partial charge in [-0.2, -0.15) is 0 Å². The number of nitrogens with zero attached hydrogens (tertiary/aromatic N) is 2. The molecule has 0 atom stereocenters. The standard InChI is InChI=1S/C14H19N3O4/c1-11-12(17(19)20)4-2-5-13(11)21-10-14(18)16-8-3-6-15-7-9-16/h2,4-5,15H,3,6-10H2,1H3. The van der Waals surface area contributed by atoms with Gasteiger partial charge in [-0.15, -0.1) is 0 Å². The third kappa shape index (κ3) is 3.91. The van der Waals surface area contributed by atoms with Crippen LogP contribution in [0.5, 0.6) is 5.75 Å². The van der Waals surface area contributed by atoms with Crippen LogP contribution in [0.1, 0.15) is 12.0 Å². The van der Waals surface area contributed by atoms with E-state index in [1.807, 2.05) is 0 Å². The molecule has 114 valence electrons. The van der Waals surface area contributed by atoms with E-state index in [1.54, 1.807) is 24.0 Å². The maximum atomic E-state index is 12.1. The molecule has 21 heavy (non-hydrogen) atoms. The Kier molecular flexibility index (Phi) is 5.10. The van der Waals surface area contributed by atoms with Gasteiger partial charge in [-0.05, 0) is 26.0 Å². The van der Waals surface area contributed by atoms with Gasteiger partial charge >= 0.3 is 0 Å². The second-order valence-corrected chi connectivity index (χ2v) is 4.93. The summed E-state index contributed by atoms with van der Waals surface area (Å²) in [4.78, 5) is 24.3. The van der Waals surface area contributed by atoms with Crippen molar-refractivity contribution in [1.29, 1.82) is 0 Å². The Hall–Kier alpha value is -2.15.